The highest BCUT2D eigenvalue weighted by Crippen LogP contribution is 2.30. The van der Waals surface area contributed by atoms with E-state index in [2.05, 4.69) is 19.6 Å². The van der Waals surface area contributed by atoms with Crippen molar-refractivity contribution in [3.63, 3.8) is 0 Å². The normalized spacial score (nSPS) is 19.2. The Morgan fingerprint density at radius 3 is 2.64 bits per heavy atom. The van der Waals surface area contributed by atoms with Gasteiger partial charge in [-0.1, -0.05) is 45.0 Å². The third kappa shape index (κ3) is 4.20. The molecule has 0 radical (unpaired) electrons. The number of furan rings is 1. The van der Waals surface area contributed by atoms with Gasteiger partial charge in [0.25, 0.3) is 0 Å². The Hall–Kier alpha value is -1.13. The average Bonchev–Trinajstić information content (AvgIpc) is 2.98. The third-order valence-electron chi connectivity index (χ3n) is 4.53. The van der Waals surface area contributed by atoms with E-state index in [1.54, 1.807) is 6.26 Å². The van der Waals surface area contributed by atoms with Gasteiger partial charge in [-0.05, 0) is 36.8 Å². The number of hydrogen-bond donors (Lipinski definition) is 1. The summed E-state index contributed by atoms with van der Waals surface area (Å²) in [5, 5.41) is 11.5. The molecule has 1 fully saturated rings. The van der Waals surface area contributed by atoms with Crippen molar-refractivity contribution < 1.29 is 14.3 Å². The van der Waals surface area contributed by atoms with Crippen LogP contribution < -0.4 is 5.38 Å². The lowest BCUT2D eigenvalue weighted by atomic mass is 9.83. The largest absolute Gasteiger partial charge is 0.474 e. The van der Waals surface area contributed by atoms with E-state index in [0.29, 0.717) is 12.3 Å². The van der Waals surface area contributed by atoms with Crippen molar-refractivity contribution in [1.29, 1.82) is 0 Å². The summed E-state index contributed by atoms with van der Waals surface area (Å²) in [5.41, 5.74) is 1.76. The van der Waals surface area contributed by atoms with Crippen molar-refractivity contribution in [3.05, 3.63) is 29.5 Å². The average molecular weight is 321 g/mol. The van der Waals surface area contributed by atoms with E-state index in [-0.39, 0.29) is 0 Å². The first-order valence-corrected chi connectivity index (χ1v) is 11.8. The predicted molar refractivity (Wildman–Crippen MR) is 92.0 cm³/mol. The molecule has 1 heterocycles. The van der Waals surface area contributed by atoms with Gasteiger partial charge in [-0.2, -0.15) is 0 Å². The number of carbonyl (C=O) groups excluding carboxylic acids is 1. The molecule has 1 N–H and O–H groups in total. The number of allylic oxidation sites excluding steroid dienone is 1. The summed E-state index contributed by atoms with van der Waals surface area (Å²) >= 11 is 0. The predicted octanol–water partition coefficient (Wildman–Crippen LogP) is 3.95. The summed E-state index contributed by atoms with van der Waals surface area (Å²) in [6.07, 6.45) is 10.4. The van der Waals surface area contributed by atoms with E-state index in [1.807, 2.05) is 12.1 Å². The number of aliphatic hydroxyl groups excluding tert-OH is 1. The van der Waals surface area contributed by atoms with E-state index in [9.17, 15) is 9.90 Å². The molecular formula is C18H28O3Si. The van der Waals surface area contributed by atoms with Crippen molar-refractivity contribution in [3.8, 4) is 0 Å². The highest BCUT2D eigenvalue weighted by atomic mass is 28.3. The van der Waals surface area contributed by atoms with Crippen LogP contribution >= 0.6 is 0 Å². The Morgan fingerprint density at radius 1 is 1.36 bits per heavy atom. The zero-order valence-corrected chi connectivity index (χ0v) is 15.0. The molecule has 0 aromatic carbocycles. The molecule has 0 aliphatic heterocycles. The monoisotopic (exact) mass is 320 g/mol. The van der Waals surface area contributed by atoms with Crippen molar-refractivity contribution in [2.24, 2.45) is 5.92 Å². The standard InChI is InChI=1S/C18H28O3Si/c1-22(2,3)18-16(11-12-21-18)17(20)10-9-15(13-19)14-7-5-4-6-8-14/h9,11-14,17,20H,4-8,10H2,1-3H3. The molecule has 122 valence electrons. The Morgan fingerprint density at radius 2 is 2.05 bits per heavy atom. The molecule has 0 bridgehead atoms. The van der Waals surface area contributed by atoms with Crippen molar-refractivity contribution >= 4 is 19.7 Å². The molecule has 1 aromatic rings. The van der Waals surface area contributed by atoms with E-state index < -0.39 is 14.2 Å². The Bertz CT molecular complexity index is 519. The highest BCUT2D eigenvalue weighted by Gasteiger charge is 2.27. The molecule has 1 saturated carbocycles. The van der Waals surface area contributed by atoms with E-state index in [4.69, 9.17) is 4.42 Å². The molecule has 0 saturated heterocycles. The fourth-order valence-corrected chi connectivity index (χ4v) is 4.85. The molecule has 1 unspecified atom stereocenters. The summed E-state index contributed by atoms with van der Waals surface area (Å²) in [6.45, 7) is 6.62. The molecule has 0 spiro atoms. The molecule has 0 amide bonds. The van der Waals surface area contributed by atoms with Gasteiger partial charge in [-0.15, -0.1) is 0 Å². The van der Waals surface area contributed by atoms with Gasteiger partial charge in [0.05, 0.1) is 17.8 Å². The van der Waals surface area contributed by atoms with Crippen LogP contribution in [0, 0.1) is 5.92 Å². The molecule has 4 heteroatoms. The van der Waals surface area contributed by atoms with Gasteiger partial charge in [0.2, 0.25) is 0 Å². The van der Waals surface area contributed by atoms with Gasteiger partial charge < -0.3 is 9.52 Å². The minimum Gasteiger partial charge on any atom is -0.474 e. The van der Waals surface area contributed by atoms with Crippen LogP contribution in [0.5, 0.6) is 0 Å². The van der Waals surface area contributed by atoms with Crippen LogP contribution in [0.2, 0.25) is 19.6 Å². The molecule has 22 heavy (non-hydrogen) atoms. The number of carbonyl (C=O) groups is 1. The van der Waals surface area contributed by atoms with Crippen LogP contribution in [-0.2, 0) is 4.79 Å². The summed E-state index contributed by atoms with van der Waals surface area (Å²) in [5.74, 6) is 0.388. The molecule has 1 aliphatic carbocycles. The highest BCUT2D eigenvalue weighted by molar-refractivity contribution is 6.88. The SMILES string of the molecule is C[Si](C)(C)c1occc1C(O)CC=C(C=O)C1CCCCC1. The lowest BCUT2D eigenvalue weighted by Gasteiger charge is -2.22. The van der Waals surface area contributed by atoms with Crippen LogP contribution in [0.25, 0.3) is 0 Å². The van der Waals surface area contributed by atoms with Crippen molar-refractivity contribution in [2.75, 3.05) is 0 Å². The van der Waals surface area contributed by atoms with Crippen LogP contribution in [0.4, 0.5) is 0 Å². The maximum absolute atomic E-state index is 11.4. The fraction of sp³-hybridized carbons (Fsp3) is 0.611. The Kier molecular flexibility index (Phi) is 5.81. The summed E-state index contributed by atoms with van der Waals surface area (Å²) in [7, 11) is -1.60. The molecule has 2 rings (SSSR count). The van der Waals surface area contributed by atoms with E-state index in [0.717, 1.165) is 35.6 Å². The molecule has 1 aliphatic rings. The first-order valence-electron chi connectivity index (χ1n) is 8.34. The van der Waals surface area contributed by atoms with Crippen LogP contribution in [0.1, 0.15) is 50.2 Å². The maximum atomic E-state index is 11.4. The lowest BCUT2D eigenvalue weighted by molar-refractivity contribution is -0.105. The third-order valence-corrected chi connectivity index (χ3v) is 6.29. The van der Waals surface area contributed by atoms with E-state index >= 15 is 0 Å². The number of aldehydes is 1. The van der Waals surface area contributed by atoms with Crippen LogP contribution in [0.3, 0.4) is 0 Å². The Balaban J connectivity index is 2.07. The second kappa shape index (κ2) is 7.42. The van der Waals surface area contributed by atoms with Crippen LogP contribution in [-0.4, -0.2) is 19.5 Å². The zero-order chi connectivity index (χ0) is 16.2. The second-order valence-electron chi connectivity index (χ2n) is 7.36. The number of aliphatic hydroxyl groups is 1. The molecular weight excluding hydrogens is 292 g/mol. The molecule has 1 aromatic heterocycles. The van der Waals surface area contributed by atoms with E-state index in [1.165, 1.54) is 19.3 Å². The van der Waals surface area contributed by atoms with Gasteiger partial charge in [0.15, 0.2) is 0 Å². The zero-order valence-electron chi connectivity index (χ0n) is 14.0. The number of hydrogen-bond acceptors (Lipinski definition) is 3. The minimum atomic E-state index is -1.60. The van der Waals surface area contributed by atoms with Crippen molar-refractivity contribution in [2.45, 2.75) is 64.3 Å². The first-order chi connectivity index (χ1) is 10.4. The van der Waals surface area contributed by atoms with Gasteiger partial charge >= 0.3 is 0 Å². The topological polar surface area (TPSA) is 50.4 Å². The lowest BCUT2D eigenvalue weighted by Crippen LogP contribution is -2.39. The first kappa shape index (κ1) is 17.2. The Labute approximate surface area is 134 Å². The number of rotatable bonds is 6. The van der Waals surface area contributed by atoms with Crippen molar-refractivity contribution in [1.82, 2.24) is 0 Å². The molecule has 1 atom stereocenters. The summed E-state index contributed by atoms with van der Waals surface area (Å²) < 4.78 is 5.61. The van der Waals surface area contributed by atoms with Crippen LogP contribution in [0.15, 0.2) is 28.4 Å². The quantitative estimate of drug-likeness (QED) is 0.490. The van der Waals surface area contributed by atoms with Gasteiger partial charge in [0.1, 0.15) is 14.4 Å². The summed E-state index contributed by atoms with van der Waals surface area (Å²) in [6, 6.07) is 1.87. The maximum Gasteiger partial charge on any atom is 0.145 e. The minimum absolute atomic E-state index is 0.388. The van der Waals surface area contributed by atoms with Gasteiger partial charge in [-0.3, -0.25) is 4.79 Å². The fourth-order valence-electron chi connectivity index (χ4n) is 3.31. The molecule has 3 nitrogen and oxygen atoms in total. The second-order valence-corrected chi connectivity index (χ2v) is 12.3. The van der Waals surface area contributed by atoms with Gasteiger partial charge in [-0.25, -0.2) is 0 Å². The smallest absolute Gasteiger partial charge is 0.145 e. The summed E-state index contributed by atoms with van der Waals surface area (Å²) in [4.78, 5) is 11.4. The van der Waals surface area contributed by atoms with Gasteiger partial charge in [0, 0.05) is 5.56 Å².